The van der Waals surface area contributed by atoms with E-state index in [9.17, 15) is 0 Å². The summed E-state index contributed by atoms with van der Waals surface area (Å²) in [6.07, 6.45) is 0. The molecular weight excluding hydrogens is 275 g/mol. The summed E-state index contributed by atoms with van der Waals surface area (Å²) in [4.78, 5) is 2.45. The van der Waals surface area contributed by atoms with Gasteiger partial charge in [0.25, 0.3) is 0 Å². The van der Waals surface area contributed by atoms with Crippen LogP contribution in [0.4, 0.5) is 0 Å². The summed E-state index contributed by atoms with van der Waals surface area (Å²) in [5.41, 5.74) is 0. The molecule has 0 unspecified atom stereocenters. The van der Waals surface area contributed by atoms with E-state index in [0.29, 0.717) is 0 Å². The van der Waals surface area contributed by atoms with E-state index in [1.54, 1.807) is 7.16 Å². The number of rotatable bonds is 2. The number of hydrogen-bond donors (Lipinski definition) is 0. The standard InChI is InChI=1S/2C6H5.CH3.Sn.H/c2*1-2-4-6-5-3-1;;;/h2*1-5H;1H3;;. The maximum absolute atomic E-state index is 2.45. The van der Waals surface area contributed by atoms with Crippen molar-refractivity contribution in [2.24, 2.45) is 0 Å². The van der Waals surface area contributed by atoms with Crippen molar-refractivity contribution in [2.45, 2.75) is 4.94 Å². The first-order valence-electron chi connectivity index (χ1n) is 4.98. The quantitative estimate of drug-likeness (QED) is 0.738. The molecule has 0 spiro atoms. The first-order valence-corrected chi connectivity index (χ1v) is 11.6. The molecule has 2 aromatic carbocycles. The van der Waals surface area contributed by atoms with E-state index >= 15 is 0 Å². The van der Waals surface area contributed by atoms with Crippen molar-refractivity contribution in [3.05, 3.63) is 60.7 Å². The summed E-state index contributed by atoms with van der Waals surface area (Å²) in [6.45, 7) is 0. The molecule has 2 aromatic rings. The monoisotopic (exact) mass is 290 g/mol. The van der Waals surface area contributed by atoms with E-state index in [4.69, 9.17) is 0 Å². The molecule has 0 aliphatic carbocycles. The van der Waals surface area contributed by atoms with Gasteiger partial charge in [-0.05, 0) is 0 Å². The van der Waals surface area contributed by atoms with Crippen LogP contribution in [0.3, 0.4) is 0 Å². The van der Waals surface area contributed by atoms with Crippen LogP contribution in [0.15, 0.2) is 60.7 Å². The van der Waals surface area contributed by atoms with E-state index < -0.39 is 19.8 Å². The van der Waals surface area contributed by atoms with Gasteiger partial charge in [0.1, 0.15) is 0 Å². The van der Waals surface area contributed by atoms with Gasteiger partial charge < -0.3 is 0 Å². The molecular formula is C13H14Sn. The minimum absolute atomic E-state index is 1.58. The van der Waals surface area contributed by atoms with Crippen LogP contribution in [0.25, 0.3) is 0 Å². The molecule has 0 aliphatic heterocycles. The van der Waals surface area contributed by atoms with Crippen molar-refractivity contribution in [1.82, 2.24) is 0 Å². The van der Waals surface area contributed by atoms with E-state index in [-0.39, 0.29) is 0 Å². The Morgan fingerprint density at radius 1 is 0.643 bits per heavy atom. The van der Waals surface area contributed by atoms with Gasteiger partial charge in [-0.25, -0.2) is 0 Å². The van der Waals surface area contributed by atoms with E-state index in [2.05, 4.69) is 65.6 Å². The summed E-state index contributed by atoms with van der Waals surface area (Å²) in [5, 5.41) is 0. The average Bonchev–Trinajstić information content (AvgIpc) is 2.30. The average molecular weight is 289 g/mol. The molecule has 0 aliphatic rings. The second-order valence-corrected chi connectivity index (χ2v) is 11.5. The van der Waals surface area contributed by atoms with Crippen LogP contribution in [-0.2, 0) is 0 Å². The molecule has 70 valence electrons. The van der Waals surface area contributed by atoms with Gasteiger partial charge in [-0.15, -0.1) is 0 Å². The maximum atomic E-state index is 2.45. The third-order valence-corrected chi connectivity index (χ3v) is 10.5. The van der Waals surface area contributed by atoms with E-state index in [0.717, 1.165) is 0 Å². The summed E-state index contributed by atoms with van der Waals surface area (Å²) in [5.74, 6) is 0. The predicted octanol–water partition coefficient (Wildman–Crippen LogP) is 1.66. The second-order valence-electron chi connectivity index (χ2n) is 3.54. The minimum atomic E-state index is -1.64. The molecule has 0 radical (unpaired) electrons. The first-order chi connectivity index (χ1) is 6.88. The Morgan fingerprint density at radius 2 is 1.00 bits per heavy atom. The first kappa shape index (κ1) is 9.78. The van der Waals surface area contributed by atoms with Crippen LogP contribution in [0.2, 0.25) is 4.94 Å². The molecule has 0 atom stereocenters. The van der Waals surface area contributed by atoms with Crippen molar-refractivity contribution in [1.29, 1.82) is 0 Å². The van der Waals surface area contributed by atoms with Crippen LogP contribution in [0.5, 0.6) is 0 Å². The number of hydrogen-bond acceptors (Lipinski definition) is 0. The predicted molar refractivity (Wildman–Crippen MR) is 65.2 cm³/mol. The number of benzene rings is 2. The van der Waals surface area contributed by atoms with Crippen molar-refractivity contribution in [3.8, 4) is 0 Å². The van der Waals surface area contributed by atoms with Crippen molar-refractivity contribution in [3.63, 3.8) is 0 Å². The Bertz CT molecular complexity index is 341. The molecule has 0 amide bonds. The van der Waals surface area contributed by atoms with Gasteiger partial charge in [-0.1, -0.05) is 0 Å². The molecule has 0 fully saturated rings. The SMILES string of the molecule is [CH3][SnH]([c]1ccccc1)[c]1ccccc1. The Kier molecular flexibility index (Phi) is 3.25. The Morgan fingerprint density at radius 3 is 1.36 bits per heavy atom. The molecule has 0 nitrogen and oxygen atoms in total. The van der Waals surface area contributed by atoms with Gasteiger partial charge in [-0.3, -0.25) is 0 Å². The molecule has 0 saturated carbocycles. The zero-order chi connectivity index (χ0) is 9.80. The molecule has 0 aromatic heterocycles. The van der Waals surface area contributed by atoms with E-state index in [1.807, 2.05) is 0 Å². The van der Waals surface area contributed by atoms with E-state index in [1.165, 1.54) is 0 Å². The normalized spacial score (nSPS) is 10.4. The molecule has 14 heavy (non-hydrogen) atoms. The second kappa shape index (κ2) is 4.65. The van der Waals surface area contributed by atoms with Gasteiger partial charge in [0, 0.05) is 0 Å². The van der Waals surface area contributed by atoms with Crippen LogP contribution >= 0.6 is 0 Å². The summed E-state index contributed by atoms with van der Waals surface area (Å²) >= 11 is -1.64. The Hall–Kier alpha value is -0.761. The van der Waals surface area contributed by atoms with Gasteiger partial charge in [0.05, 0.1) is 0 Å². The third-order valence-electron chi connectivity index (χ3n) is 2.60. The van der Waals surface area contributed by atoms with Crippen molar-refractivity contribution < 1.29 is 0 Å². The molecule has 0 saturated heterocycles. The molecule has 0 bridgehead atoms. The van der Waals surface area contributed by atoms with Crippen LogP contribution in [0, 0.1) is 0 Å². The molecule has 1 heteroatoms. The van der Waals surface area contributed by atoms with Crippen molar-refractivity contribution >= 4 is 26.9 Å². The third kappa shape index (κ3) is 2.18. The van der Waals surface area contributed by atoms with Gasteiger partial charge in [-0.2, -0.15) is 0 Å². The van der Waals surface area contributed by atoms with Gasteiger partial charge >= 0.3 is 92.5 Å². The zero-order valence-corrected chi connectivity index (χ0v) is 11.6. The van der Waals surface area contributed by atoms with Crippen molar-refractivity contribution in [2.75, 3.05) is 0 Å². The van der Waals surface area contributed by atoms with Crippen LogP contribution in [-0.4, -0.2) is 19.8 Å². The molecule has 2 rings (SSSR count). The fourth-order valence-electron chi connectivity index (χ4n) is 1.68. The summed E-state index contributed by atoms with van der Waals surface area (Å²) in [7, 11) is 0. The topological polar surface area (TPSA) is 0 Å². The molecule has 0 N–H and O–H groups in total. The summed E-state index contributed by atoms with van der Waals surface area (Å²) < 4.78 is 3.17. The zero-order valence-electron chi connectivity index (χ0n) is 8.35. The van der Waals surface area contributed by atoms with Crippen LogP contribution in [0.1, 0.15) is 0 Å². The van der Waals surface area contributed by atoms with Gasteiger partial charge in [0.2, 0.25) is 0 Å². The van der Waals surface area contributed by atoms with Gasteiger partial charge in [0.15, 0.2) is 0 Å². The Labute approximate surface area is 92.3 Å². The fourth-order valence-corrected chi connectivity index (χ4v) is 7.34. The molecule has 0 heterocycles. The Balaban J connectivity index is 2.30. The summed E-state index contributed by atoms with van der Waals surface area (Å²) in [6, 6.07) is 21.8. The fraction of sp³-hybridized carbons (Fsp3) is 0.0769. The van der Waals surface area contributed by atoms with Crippen LogP contribution < -0.4 is 7.16 Å².